The second-order valence-corrected chi connectivity index (χ2v) is 7.84. The van der Waals surface area contributed by atoms with E-state index in [9.17, 15) is 27.7 Å². The minimum Gasteiger partial charge on any atom is -0.490 e. The third-order valence-corrected chi connectivity index (χ3v) is 5.30. The molecule has 0 saturated heterocycles. The standard InChI is InChI=1S/C23H18BrF4N3O4/c1-2-34-21-9-15(17(24)11-22(21)35-13-14-5-3-4-6-18(14)25)12-29-30-19-8-7-16(23(26,27)28)10-20(19)31(32)33/h3-12,30H,2,13H2,1H3/b29-12-. The molecule has 0 spiro atoms. The number of halogens is 5. The molecule has 7 nitrogen and oxygen atoms in total. The number of nitro benzene ring substituents is 1. The van der Waals surface area contributed by atoms with E-state index in [4.69, 9.17) is 9.47 Å². The number of hydrazone groups is 1. The first kappa shape index (κ1) is 25.9. The summed E-state index contributed by atoms with van der Waals surface area (Å²) in [6, 6.07) is 11.4. The van der Waals surface area contributed by atoms with Crippen LogP contribution in [0.25, 0.3) is 0 Å². The lowest BCUT2D eigenvalue weighted by atomic mass is 10.1. The van der Waals surface area contributed by atoms with Gasteiger partial charge in [-0.3, -0.25) is 15.5 Å². The molecule has 0 amide bonds. The Hall–Kier alpha value is -3.67. The van der Waals surface area contributed by atoms with Gasteiger partial charge in [-0.2, -0.15) is 18.3 Å². The van der Waals surface area contributed by atoms with Gasteiger partial charge in [0.1, 0.15) is 18.1 Å². The molecule has 1 N–H and O–H groups in total. The molecule has 184 valence electrons. The first-order chi connectivity index (χ1) is 16.6. The van der Waals surface area contributed by atoms with E-state index in [0.717, 1.165) is 12.1 Å². The molecule has 3 aromatic rings. The second kappa shape index (κ2) is 11.2. The van der Waals surface area contributed by atoms with Crippen molar-refractivity contribution >= 4 is 33.5 Å². The Morgan fingerprint density at radius 2 is 1.83 bits per heavy atom. The lowest BCUT2D eigenvalue weighted by Crippen LogP contribution is -2.06. The maximum Gasteiger partial charge on any atom is 0.416 e. The Morgan fingerprint density at radius 3 is 2.49 bits per heavy atom. The number of anilines is 1. The smallest absolute Gasteiger partial charge is 0.416 e. The first-order valence-electron chi connectivity index (χ1n) is 10.1. The van der Waals surface area contributed by atoms with Gasteiger partial charge >= 0.3 is 6.18 Å². The van der Waals surface area contributed by atoms with E-state index in [1.807, 2.05) is 0 Å². The molecule has 35 heavy (non-hydrogen) atoms. The van der Waals surface area contributed by atoms with Crippen molar-refractivity contribution in [1.82, 2.24) is 0 Å². The quantitative estimate of drug-likeness (QED) is 0.134. The van der Waals surface area contributed by atoms with Gasteiger partial charge < -0.3 is 9.47 Å². The fourth-order valence-corrected chi connectivity index (χ4v) is 3.35. The molecule has 0 radical (unpaired) electrons. The highest BCUT2D eigenvalue weighted by Gasteiger charge is 2.33. The van der Waals surface area contributed by atoms with Crippen molar-refractivity contribution in [1.29, 1.82) is 0 Å². The summed E-state index contributed by atoms with van der Waals surface area (Å²) in [6.07, 6.45) is -3.42. The van der Waals surface area contributed by atoms with Crippen LogP contribution in [0.3, 0.4) is 0 Å². The monoisotopic (exact) mass is 555 g/mol. The number of hydrogen-bond acceptors (Lipinski definition) is 6. The van der Waals surface area contributed by atoms with Crippen LogP contribution in [0, 0.1) is 15.9 Å². The molecular weight excluding hydrogens is 538 g/mol. The average molecular weight is 556 g/mol. The summed E-state index contributed by atoms with van der Waals surface area (Å²) in [7, 11) is 0. The van der Waals surface area contributed by atoms with Gasteiger partial charge in [0, 0.05) is 21.7 Å². The fourth-order valence-electron chi connectivity index (χ4n) is 2.93. The summed E-state index contributed by atoms with van der Waals surface area (Å²) in [5.41, 5.74) is 1.10. The number of benzene rings is 3. The predicted molar refractivity (Wildman–Crippen MR) is 125 cm³/mol. The van der Waals surface area contributed by atoms with Crippen molar-refractivity contribution in [2.24, 2.45) is 5.10 Å². The lowest BCUT2D eigenvalue weighted by molar-refractivity contribution is -0.384. The third kappa shape index (κ3) is 6.69. The Balaban J connectivity index is 1.81. The van der Waals surface area contributed by atoms with E-state index in [2.05, 4.69) is 26.5 Å². The molecule has 0 fully saturated rings. The maximum absolute atomic E-state index is 13.9. The van der Waals surface area contributed by atoms with E-state index in [0.29, 0.717) is 39.8 Å². The third-order valence-electron chi connectivity index (χ3n) is 4.61. The molecule has 3 aromatic carbocycles. The number of nitrogens with zero attached hydrogens (tertiary/aromatic N) is 2. The van der Waals surface area contributed by atoms with Crippen molar-refractivity contribution < 1.29 is 32.0 Å². The number of ether oxygens (including phenoxy) is 2. The highest BCUT2D eigenvalue weighted by atomic mass is 79.9. The van der Waals surface area contributed by atoms with Gasteiger partial charge in [-0.1, -0.05) is 18.2 Å². The Kier molecular flexibility index (Phi) is 8.28. The molecule has 0 aliphatic heterocycles. The van der Waals surface area contributed by atoms with Crippen LogP contribution >= 0.6 is 15.9 Å². The number of nitrogens with one attached hydrogen (secondary N) is 1. The van der Waals surface area contributed by atoms with Gasteiger partial charge in [0.2, 0.25) is 0 Å². The maximum atomic E-state index is 13.9. The molecule has 0 atom stereocenters. The number of nitro groups is 1. The molecule has 0 heterocycles. The van der Waals surface area contributed by atoms with Crippen molar-refractivity contribution in [2.45, 2.75) is 19.7 Å². The highest BCUT2D eigenvalue weighted by molar-refractivity contribution is 9.10. The van der Waals surface area contributed by atoms with Gasteiger partial charge in [0.25, 0.3) is 5.69 Å². The van der Waals surface area contributed by atoms with Crippen LogP contribution in [0.4, 0.5) is 28.9 Å². The summed E-state index contributed by atoms with van der Waals surface area (Å²) < 4.78 is 64.3. The molecule has 0 bridgehead atoms. The molecular formula is C23H18BrF4N3O4. The molecule has 0 saturated carbocycles. The van der Waals surface area contributed by atoms with Crippen LogP contribution in [0.2, 0.25) is 0 Å². The SMILES string of the molecule is CCOc1cc(/C=N\Nc2ccc(C(F)(F)F)cc2[N+](=O)[O-])c(Br)cc1OCc1ccccc1F. The molecule has 0 aliphatic rings. The molecule has 0 aliphatic carbocycles. The van der Waals surface area contributed by atoms with Crippen LogP contribution in [-0.2, 0) is 12.8 Å². The summed E-state index contributed by atoms with van der Waals surface area (Å²) in [4.78, 5) is 10.3. The zero-order valence-electron chi connectivity index (χ0n) is 18.1. The Morgan fingerprint density at radius 1 is 1.11 bits per heavy atom. The summed E-state index contributed by atoms with van der Waals surface area (Å²) in [5.74, 6) is 0.274. The van der Waals surface area contributed by atoms with Gasteiger partial charge in [0.05, 0.1) is 23.3 Å². The summed E-state index contributed by atoms with van der Waals surface area (Å²) in [5, 5.41) is 15.1. The van der Waals surface area contributed by atoms with Crippen molar-refractivity contribution in [3.05, 3.63) is 91.7 Å². The van der Waals surface area contributed by atoms with E-state index in [1.165, 1.54) is 12.3 Å². The van der Waals surface area contributed by atoms with Crippen LogP contribution < -0.4 is 14.9 Å². The van der Waals surface area contributed by atoms with Crippen LogP contribution in [0.15, 0.2) is 64.2 Å². The summed E-state index contributed by atoms with van der Waals surface area (Å²) in [6.45, 7) is 2.04. The minimum absolute atomic E-state index is 0.0359. The zero-order valence-corrected chi connectivity index (χ0v) is 19.7. The van der Waals surface area contributed by atoms with Gasteiger partial charge in [-0.05, 0) is 53.2 Å². The topological polar surface area (TPSA) is 86.0 Å². The van der Waals surface area contributed by atoms with Crippen molar-refractivity contribution in [3.63, 3.8) is 0 Å². The van der Waals surface area contributed by atoms with E-state index in [-0.39, 0.29) is 12.3 Å². The molecule has 0 unspecified atom stereocenters. The van der Waals surface area contributed by atoms with Crippen LogP contribution in [0.1, 0.15) is 23.6 Å². The highest BCUT2D eigenvalue weighted by Crippen LogP contribution is 2.36. The first-order valence-corrected chi connectivity index (χ1v) is 10.9. The molecule has 0 aromatic heterocycles. The number of alkyl halides is 3. The molecule has 3 rings (SSSR count). The largest absolute Gasteiger partial charge is 0.490 e. The Bertz CT molecular complexity index is 1250. The van der Waals surface area contributed by atoms with E-state index >= 15 is 0 Å². The number of rotatable bonds is 9. The summed E-state index contributed by atoms with van der Waals surface area (Å²) >= 11 is 3.37. The van der Waals surface area contributed by atoms with E-state index < -0.39 is 28.2 Å². The van der Waals surface area contributed by atoms with Gasteiger partial charge in [-0.25, -0.2) is 4.39 Å². The van der Waals surface area contributed by atoms with Gasteiger partial charge in [0.15, 0.2) is 11.5 Å². The molecule has 12 heteroatoms. The van der Waals surface area contributed by atoms with E-state index in [1.54, 1.807) is 37.3 Å². The predicted octanol–water partition coefficient (Wildman–Crippen LogP) is 6.94. The number of hydrogen-bond donors (Lipinski definition) is 1. The second-order valence-electron chi connectivity index (χ2n) is 6.99. The van der Waals surface area contributed by atoms with Crippen molar-refractivity contribution in [3.8, 4) is 11.5 Å². The zero-order chi connectivity index (χ0) is 25.6. The van der Waals surface area contributed by atoms with Crippen LogP contribution in [0.5, 0.6) is 11.5 Å². The van der Waals surface area contributed by atoms with Crippen LogP contribution in [-0.4, -0.2) is 17.7 Å². The Labute approximate surface area is 205 Å². The lowest BCUT2D eigenvalue weighted by Gasteiger charge is -2.14. The normalized spacial score (nSPS) is 11.5. The fraction of sp³-hybridized carbons (Fsp3) is 0.174. The van der Waals surface area contributed by atoms with Crippen molar-refractivity contribution in [2.75, 3.05) is 12.0 Å². The van der Waals surface area contributed by atoms with Gasteiger partial charge in [-0.15, -0.1) is 0 Å². The minimum atomic E-state index is -4.72. The average Bonchev–Trinajstić information content (AvgIpc) is 2.80.